The second-order valence-electron chi connectivity index (χ2n) is 3.43. The van der Waals surface area contributed by atoms with Crippen LogP contribution in [0.1, 0.15) is 5.56 Å². The molecule has 0 aromatic heterocycles. The third kappa shape index (κ3) is 1.72. The SMILES string of the molecule is [B]C1C=CC(c2ccccc2)=CC1=C. The van der Waals surface area contributed by atoms with Gasteiger partial charge in [0.05, 0.1) is 7.85 Å². The monoisotopic (exact) mass is 178 g/mol. The van der Waals surface area contributed by atoms with E-state index in [0.29, 0.717) is 0 Å². The molecule has 0 amide bonds. The van der Waals surface area contributed by atoms with Gasteiger partial charge < -0.3 is 0 Å². The molecule has 1 aliphatic carbocycles. The van der Waals surface area contributed by atoms with Gasteiger partial charge in [0.25, 0.3) is 0 Å². The molecule has 1 atom stereocenters. The van der Waals surface area contributed by atoms with Crippen LogP contribution < -0.4 is 0 Å². The lowest BCUT2D eigenvalue weighted by atomic mass is 9.77. The van der Waals surface area contributed by atoms with Crippen molar-refractivity contribution in [2.24, 2.45) is 0 Å². The van der Waals surface area contributed by atoms with Crippen LogP contribution in [-0.2, 0) is 0 Å². The van der Waals surface area contributed by atoms with E-state index in [1.165, 1.54) is 11.1 Å². The Balaban J connectivity index is 2.34. The molecule has 0 spiro atoms. The summed E-state index contributed by atoms with van der Waals surface area (Å²) in [5.74, 6) is -0.0255. The van der Waals surface area contributed by atoms with E-state index in [1.807, 2.05) is 30.4 Å². The van der Waals surface area contributed by atoms with E-state index in [1.54, 1.807) is 0 Å². The third-order valence-corrected chi connectivity index (χ3v) is 2.36. The minimum Gasteiger partial charge on any atom is -0.0960 e. The molecule has 1 aromatic rings. The quantitative estimate of drug-likeness (QED) is 0.579. The Hall–Kier alpha value is -1.50. The molecule has 0 heterocycles. The number of allylic oxidation sites excluding steroid dienone is 5. The summed E-state index contributed by atoms with van der Waals surface area (Å²) in [7, 11) is 5.79. The molecule has 0 fully saturated rings. The zero-order chi connectivity index (χ0) is 9.97. The van der Waals surface area contributed by atoms with Crippen molar-refractivity contribution >= 4 is 13.4 Å². The lowest BCUT2D eigenvalue weighted by molar-refractivity contribution is 1.27. The van der Waals surface area contributed by atoms with Crippen LogP contribution in [0.4, 0.5) is 0 Å². The lowest BCUT2D eigenvalue weighted by Crippen LogP contribution is -1.96. The Bertz CT molecular complexity index is 399. The van der Waals surface area contributed by atoms with Crippen LogP contribution in [0.3, 0.4) is 0 Å². The van der Waals surface area contributed by atoms with Crippen LogP contribution >= 0.6 is 0 Å². The Labute approximate surface area is 86.1 Å². The lowest BCUT2D eigenvalue weighted by Gasteiger charge is -2.14. The molecule has 0 N–H and O–H groups in total. The molecule has 0 aliphatic heterocycles. The topological polar surface area (TPSA) is 0 Å². The second-order valence-corrected chi connectivity index (χ2v) is 3.43. The fourth-order valence-corrected chi connectivity index (χ4v) is 1.49. The Kier molecular flexibility index (Phi) is 2.40. The molecule has 2 radical (unpaired) electrons. The standard InChI is InChI=1S/C13H11B/c1-10-9-12(7-8-13(10)14)11-5-3-2-4-6-11/h2-9,13H,1H2. The highest BCUT2D eigenvalue weighted by Crippen LogP contribution is 2.28. The fraction of sp³-hybridized carbons (Fsp3) is 0.0769. The van der Waals surface area contributed by atoms with Gasteiger partial charge >= 0.3 is 0 Å². The van der Waals surface area contributed by atoms with Crippen molar-refractivity contribution in [1.82, 2.24) is 0 Å². The van der Waals surface area contributed by atoms with Gasteiger partial charge in [-0.25, -0.2) is 0 Å². The van der Waals surface area contributed by atoms with E-state index in [-0.39, 0.29) is 5.82 Å². The van der Waals surface area contributed by atoms with Crippen molar-refractivity contribution in [3.05, 3.63) is 66.3 Å². The van der Waals surface area contributed by atoms with E-state index in [2.05, 4.69) is 24.8 Å². The van der Waals surface area contributed by atoms with Crippen LogP contribution in [0.5, 0.6) is 0 Å². The maximum absolute atomic E-state index is 5.79. The van der Waals surface area contributed by atoms with Crippen LogP contribution in [0.15, 0.2) is 60.7 Å². The number of benzene rings is 1. The molecule has 0 nitrogen and oxygen atoms in total. The smallest absolute Gasteiger partial charge is 0.0819 e. The normalized spacial score (nSPS) is 20.7. The van der Waals surface area contributed by atoms with Gasteiger partial charge in [-0.2, -0.15) is 0 Å². The summed E-state index contributed by atoms with van der Waals surface area (Å²) in [5.41, 5.74) is 3.35. The molecule has 14 heavy (non-hydrogen) atoms. The first-order valence-corrected chi connectivity index (χ1v) is 4.67. The van der Waals surface area contributed by atoms with E-state index >= 15 is 0 Å². The molecule has 0 saturated carbocycles. The Morgan fingerprint density at radius 1 is 1.14 bits per heavy atom. The second kappa shape index (κ2) is 3.71. The summed E-state index contributed by atoms with van der Waals surface area (Å²) in [4.78, 5) is 0. The third-order valence-electron chi connectivity index (χ3n) is 2.36. The van der Waals surface area contributed by atoms with Crippen molar-refractivity contribution in [2.45, 2.75) is 5.82 Å². The number of hydrogen-bond donors (Lipinski definition) is 0. The molecular formula is C13H11B. The highest BCUT2D eigenvalue weighted by atomic mass is 14.1. The molecule has 0 saturated heterocycles. The summed E-state index contributed by atoms with van der Waals surface area (Å²) in [6.45, 7) is 3.92. The molecule has 1 heteroatoms. The molecule has 2 rings (SSSR count). The summed E-state index contributed by atoms with van der Waals surface area (Å²) in [6.07, 6.45) is 6.07. The summed E-state index contributed by atoms with van der Waals surface area (Å²) in [5, 5.41) is 0. The highest BCUT2D eigenvalue weighted by molar-refractivity contribution is 6.16. The van der Waals surface area contributed by atoms with Gasteiger partial charge in [0.2, 0.25) is 0 Å². The maximum Gasteiger partial charge on any atom is 0.0819 e. The minimum absolute atomic E-state index is 0.0255. The van der Waals surface area contributed by atoms with E-state index in [0.717, 1.165) is 5.57 Å². The molecule has 66 valence electrons. The average Bonchev–Trinajstić information content (AvgIpc) is 2.23. The molecule has 1 aromatic carbocycles. The first-order chi connectivity index (χ1) is 6.77. The first kappa shape index (κ1) is 9.08. The molecular weight excluding hydrogens is 167 g/mol. The van der Waals surface area contributed by atoms with E-state index in [9.17, 15) is 0 Å². The van der Waals surface area contributed by atoms with Crippen LogP contribution in [0, 0.1) is 0 Å². The predicted molar refractivity (Wildman–Crippen MR) is 62.2 cm³/mol. The average molecular weight is 178 g/mol. The van der Waals surface area contributed by atoms with Crippen molar-refractivity contribution in [2.75, 3.05) is 0 Å². The largest absolute Gasteiger partial charge is 0.0960 e. The maximum atomic E-state index is 5.79. The molecule has 0 bridgehead atoms. The highest BCUT2D eigenvalue weighted by Gasteiger charge is 2.07. The van der Waals surface area contributed by atoms with E-state index < -0.39 is 0 Å². The number of rotatable bonds is 1. The van der Waals surface area contributed by atoms with Crippen molar-refractivity contribution < 1.29 is 0 Å². The fourth-order valence-electron chi connectivity index (χ4n) is 1.49. The summed E-state index contributed by atoms with van der Waals surface area (Å²) in [6, 6.07) is 10.2. The van der Waals surface area contributed by atoms with Crippen LogP contribution in [-0.4, -0.2) is 7.85 Å². The predicted octanol–water partition coefficient (Wildman–Crippen LogP) is 3.15. The van der Waals surface area contributed by atoms with Gasteiger partial charge in [-0.3, -0.25) is 0 Å². The van der Waals surface area contributed by atoms with Crippen LogP contribution in [0.2, 0.25) is 5.82 Å². The molecule has 1 aliphatic rings. The van der Waals surface area contributed by atoms with Crippen LogP contribution in [0.25, 0.3) is 5.57 Å². The zero-order valence-electron chi connectivity index (χ0n) is 7.98. The Morgan fingerprint density at radius 2 is 1.86 bits per heavy atom. The number of hydrogen-bond acceptors (Lipinski definition) is 0. The van der Waals surface area contributed by atoms with Gasteiger partial charge in [0.15, 0.2) is 0 Å². The van der Waals surface area contributed by atoms with Crippen molar-refractivity contribution in [3.8, 4) is 0 Å². The van der Waals surface area contributed by atoms with Gasteiger partial charge in [-0.1, -0.05) is 60.7 Å². The van der Waals surface area contributed by atoms with Gasteiger partial charge in [-0.05, 0) is 17.0 Å². The summed E-state index contributed by atoms with van der Waals surface area (Å²) < 4.78 is 0. The van der Waals surface area contributed by atoms with Crippen molar-refractivity contribution in [3.63, 3.8) is 0 Å². The van der Waals surface area contributed by atoms with Gasteiger partial charge in [0.1, 0.15) is 0 Å². The van der Waals surface area contributed by atoms with E-state index in [4.69, 9.17) is 7.85 Å². The van der Waals surface area contributed by atoms with Gasteiger partial charge in [-0.15, -0.1) is 0 Å². The Morgan fingerprint density at radius 3 is 2.50 bits per heavy atom. The van der Waals surface area contributed by atoms with Crippen molar-refractivity contribution in [1.29, 1.82) is 0 Å². The minimum atomic E-state index is -0.0255. The zero-order valence-corrected chi connectivity index (χ0v) is 7.98. The summed E-state index contributed by atoms with van der Waals surface area (Å²) >= 11 is 0. The van der Waals surface area contributed by atoms with Gasteiger partial charge in [0, 0.05) is 0 Å². The first-order valence-electron chi connectivity index (χ1n) is 4.67. The molecule has 1 unspecified atom stereocenters.